The van der Waals surface area contributed by atoms with Crippen LogP contribution in [0.4, 0.5) is 0 Å². The van der Waals surface area contributed by atoms with Gasteiger partial charge in [-0.15, -0.1) is 22.6 Å². The number of halogens is 1. The first-order chi connectivity index (χ1) is 15.4. The number of aliphatic hydroxyl groups is 2. The summed E-state index contributed by atoms with van der Waals surface area (Å²) >= 11 is 1.41. The number of nitrogens with zero attached hydrogens (tertiary/aromatic N) is 6. The molecule has 0 unspecified atom stereocenters. The van der Waals surface area contributed by atoms with E-state index in [4.69, 9.17) is 9.84 Å². The fourth-order valence-electron chi connectivity index (χ4n) is 3.84. The molecule has 0 saturated carbocycles. The molecule has 3 heterocycles. The standard InChI is InChI=1S/C22H26N6O3S.ClH/c1-13(2)31-20-5-4-15(8-16(20)9-23)21-24-25-22(32-21)28-14(3)18-10-27(17(11-29)12-30)7-6-19(18)26-28;/h4-5,8,13,17,29-30H,6-7,10-12H2,1-3H3;1H. The summed E-state index contributed by atoms with van der Waals surface area (Å²) in [5.74, 6) is 0.556. The molecule has 3 aromatic rings. The van der Waals surface area contributed by atoms with Crippen molar-refractivity contribution in [3.8, 4) is 27.5 Å². The molecule has 1 aromatic carbocycles. The summed E-state index contributed by atoms with van der Waals surface area (Å²) in [7, 11) is 0. The fraction of sp³-hybridized carbons (Fsp3) is 0.455. The van der Waals surface area contributed by atoms with Gasteiger partial charge in [-0.25, -0.2) is 4.68 Å². The average molecular weight is 491 g/mol. The molecule has 1 aliphatic rings. The number of aliphatic hydroxyl groups excluding tert-OH is 2. The Labute approximate surface area is 202 Å². The Balaban J connectivity index is 0.00000306. The number of nitriles is 1. The Morgan fingerprint density at radius 2 is 2.00 bits per heavy atom. The Kier molecular flexibility index (Phi) is 8.05. The second-order valence-electron chi connectivity index (χ2n) is 8.04. The van der Waals surface area contributed by atoms with E-state index >= 15 is 0 Å². The van der Waals surface area contributed by atoms with Crippen molar-refractivity contribution in [1.82, 2.24) is 24.9 Å². The van der Waals surface area contributed by atoms with E-state index in [1.165, 1.54) is 11.3 Å². The number of aromatic nitrogens is 4. The van der Waals surface area contributed by atoms with Crippen LogP contribution < -0.4 is 4.74 Å². The molecule has 11 heteroatoms. The second kappa shape index (κ2) is 10.6. The highest BCUT2D eigenvalue weighted by molar-refractivity contribution is 7.17. The summed E-state index contributed by atoms with van der Waals surface area (Å²) in [4.78, 5) is 2.08. The molecule has 0 bridgehead atoms. The third-order valence-corrected chi connectivity index (χ3v) is 6.51. The smallest absolute Gasteiger partial charge is 0.233 e. The van der Waals surface area contributed by atoms with Gasteiger partial charge in [0, 0.05) is 36.3 Å². The molecule has 176 valence electrons. The van der Waals surface area contributed by atoms with Crippen LogP contribution in [-0.4, -0.2) is 67.0 Å². The van der Waals surface area contributed by atoms with Crippen molar-refractivity contribution < 1.29 is 14.9 Å². The SMILES string of the molecule is Cc1c2c(nn1-c1nnc(-c3ccc(OC(C)C)c(C#N)c3)s1)CCN(C(CO)CO)C2.Cl. The third-order valence-electron chi connectivity index (χ3n) is 5.56. The van der Waals surface area contributed by atoms with Crippen LogP contribution in [-0.2, 0) is 13.0 Å². The average Bonchev–Trinajstić information content (AvgIpc) is 3.40. The predicted molar refractivity (Wildman–Crippen MR) is 127 cm³/mol. The van der Waals surface area contributed by atoms with Crippen molar-refractivity contribution >= 4 is 23.7 Å². The van der Waals surface area contributed by atoms with Gasteiger partial charge in [-0.3, -0.25) is 4.90 Å². The van der Waals surface area contributed by atoms with Crippen LogP contribution in [0.5, 0.6) is 5.75 Å². The molecule has 9 nitrogen and oxygen atoms in total. The molecule has 1 aliphatic heterocycles. The van der Waals surface area contributed by atoms with Gasteiger partial charge in [0.1, 0.15) is 16.8 Å². The summed E-state index contributed by atoms with van der Waals surface area (Å²) in [6.07, 6.45) is 0.727. The number of ether oxygens (including phenoxy) is 1. The summed E-state index contributed by atoms with van der Waals surface area (Å²) in [6.45, 7) is 7.04. The molecular weight excluding hydrogens is 464 g/mol. The fourth-order valence-corrected chi connectivity index (χ4v) is 4.69. The van der Waals surface area contributed by atoms with Crippen molar-refractivity contribution in [1.29, 1.82) is 5.26 Å². The van der Waals surface area contributed by atoms with Crippen LogP contribution in [0.1, 0.15) is 36.4 Å². The van der Waals surface area contributed by atoms with Gasteiger partial charge in [0.25, 0.3) is 0 Å². The van der Waals surface area contributed by atoms with Crippen LogP contribution in [0.15, 0.2) is 18.2 Å². The molecular formula is C22H27ClN6O3S. The van der Waals surface area contributed by atoms with Gasteiger partial charge in [0.15, 0.2) is 0 Å². The first-order valence-corrected chi connectivity index (χ1v) is 11.3. The molecule has 2 aromatic heterocycles. The van der Waals surface area contributed by atoms with Crippen LogP contribution in [0.2, 0.25) is 0 Å². The normalized spacial score (nSPS) is 13.6. The van der Waals surface area contributed by atoms with Crippen molar-refractivity contribution in [3.63, 3.8) is 0 Å². The summed E-state index contributed by atoms with van der Waals surface area (Å²) in [5, 5.41) is 43.3. The maximum atomic E-state index is 9.52. The highest BCUT2D eigenvalue weighted by Crippen LogP contribution is 2.32. The van der Waals surface area contributed by atoms with Gasteiger partial charge in [-0.2, -0.15) is 10.4 Å². The minimum atomic E-state index is -0.268. The lowest BCUT2D eigenvalue weighted by molar-refractivity contribution is 0.0648. The largest absolute Gasteiger partial charge is 0.490 e. The maximum absolute atomic E-state index is 9.52. The minimum absolute atomic E-state index is 0. The lowest BCUT2D eigenvalue weighted by Gasteiger charge is -2.32. The Morgan fingerprint density at radius 1 is 1.24 bits per heavy atom. The number of benzene rings is 1. The molecule has 0 fully saturated rings. The van der Waals surface area contributed by atoms with Gasteiger partial charge in [0.05, 0.1) is 36.6 Å². The number of rotatable bonds is 7. The number of hydrogen-bond acceptors (Lipinski definition) is 9. The van der Waals surface area contributed by atoms with E-state index in [1.54, 1.807) is 12.1 Å². The Bertz CT molecular complexity index is 1150. The van der Waals surface area contributed by atoms with Gasteiger partial charge >= 0.3 is 0 Å². The third kappa shape index (κ3) is 5.03. The van der Waals surface area contributed by atoms with Crippen LogP contribution in [0, 0.1) is 18.3 Å². The lowest BCUT2D eigenvalue weighted by Crippen LogP contribution is -2.43. The van der Waals surface area contributed by atoms with Gasteiger partial charge in [-0.1, -0.05) is 11.3 Å². The predicted octanol–water partition coefficient (Wildman–Crippen LogP) is 2.49. The quantitative estimate of drug-likeness (QED) is 0.518. The van der Waals surface area contributed by atoms with Crippen LogP contribution >= 0.6 is 23.7 Å². The number of fused-ring (bicyclic) bond motifs is 1. The molecule has 0 radical (unpaired) electrons. The lowest BCUT2D eigenvalue weighted by atomic mass is 10.0. The van der Waals surface area contributed by atoms with Crippen LogP contribution in [0.25, 0.3) is 15.7 Å². The molecule has 0 aliphatic carbocycles. The van der Waals surface area contributed by atoms with Crippen molar-refractivity contribution in [2.45, 2.75) is 45.9 Å². The minimum Gasteiger partial charge on any atom is -0.490 e. The first-order valence-electron chi connectivity index (χ1n) is 10.5. The zero-order chi connectivity index (χ0) is 22.8. The van der Waals surface area contributed by atoms with Gasteiger partial charge < -0.3 is 14.9 Å². The molecule has 4 rings (SSSR count). The van der Waals surface area contributed by atoms with E-state index in [-0.39, 0.29) is 37.8 Å². The van der Waals surface area contributed by atoms with E-state index in [2.05, 4.69) is 21.2 Å². The van der Waals surface area contributed by atoms with E-state index in [0.717, 1.165) is 35.5 Å². The molecule has 0 spiro atoms. The zero-order valence-electron chi connectivity index (χ0n) is 18.7. The highest BCUT2D eigenvalue weighted by Gasteiger charge is 2.28. The molecule has 33 heavy (non-hydrogen) atoms. The molecule has 0 amide bonds. The molecule has 0 atom stereocenters. The van der Waals surface area contributed by atoms with Crippen molar-refractivity contribution in [2.75, 3.05) is 19.8 Å². The summed E-state index contributed by atoms with van der Waals surface area (Å²) < 4.78 is 7.51. The van der Waals surface area contributed by atoms with Crippen LogP contribution in [0.3, 0.4) is 0 Å². The Hall–Kier alpha value is -2.55. The van der Waals surface area contributed by atoms with E-state index in [1.807, 2.05) is 31.5 Å². The molecule has 2 N–H and O–H groups in total. The van der Waals surface area contributed by atoms with Gasteiger partial charge in [-0.05, 0) is 39.0 Å². The Morgan fingerprint density at radius 3 is 2.67 bits per heavy atom. The molecule has 0 saturated heterocycles. The van der Waals surface area contributed by atoms with E-state index in [0.29, 0.717) is 28.0 Å². The second-order valence-corrected chi connectivity index (χ2v) is 9.00. The zero-order valence-corrected chi connectivity index (χ0v) is 20.4. The number of hydrogen-bond donors (Lipinski definition) is 2. The monoisotopic (exact) mass is 490 g/mol. The van der Waals surface area contributed by atoms with E-state index in [9.17, 15) is 15.5 Å². The summed E-state index contributed by atoms with van der Waals surface area (Å²) in [5.41, 5.74) is 4.34. The van der Waals surface area contributed by atoms with E-state index < -0.39 is 0 Å². The van der Waals surface area contributed by atoms with Crippen molar-refractivity contribution in [3.05, 3.63) is 40.7 Å². The van der Waals surface area contributed by atoms with Crippen molar-refractivity contribution in [2.24, 2.45) is 0 Å². The summed E-state index contributed by atoms with van der Waals surface area (Å²) in [6, 6.07) is 7.36. The highest BCUT2D eigenvalue weighted by atomic mass is 35.5. The maximum Gasteiger partial charge on any atom is 0.233 e. The first kappa shape index (κ1) is 25.1. The van der Waals surface area contributed by atoms with Gasteiger partial charge in [0.2, 0.25) is 5.13 Å². The topological polar surface area (TPSA) is 120 Å².